The molecule has 0 heterocycles. The average molecular weight is 304 g/mol. The Morgan fingerprint density at radius 3 is 2.59 bits per heavy atom. The Kier molecular flexibility index (Phi) is 5.34. The van der Waals surface area contributed by atoms with Crippen LogP contribution in [0.3, 0.4) is 0 Å². The van der Waals surface area contributed by atoms with E-state index in [1.54, 1.807) is 24.3 Å². The van der Waals surface area contributed by atoms with Crippen molar-refractivity contribution < 1.29 is 13.6 Å². The second kappa shape index (κ2) is 7.05. The molecule has 0 amide bonds. The third kappa shape index (κ3) is 4.16. The quantitative estimate of drug-likeness (QED) is 0.571. The van der Waals surface area contributed by atoms with Crippen LogP contribution in [0, 0.1) is 23.7 Å². The minimum Gasteiger partial charge on any atom is -0.294 e. The standard InChI is InChI=1S/C19H22F2O/c1-14(2)18(22)16-10-8-15(9-11-16)13-17-7-5-3-4-6-12-19(17,20)21/h8-11,14,17H,3-5,7,13H2,1-2H3. The summed E-state index contributed by atoms with van der Waals surface area (Å²) in [6, 6.07) is 7.06. The van der Waals surface area contributed by atoms with Gasteiger partial charge < -0.3 is 0 Å². The van der Waals surface area contributed by atoms with Crippen LogP contribution in [0.5, 0.6) is 0 Å². The Labute approximate surface area is 131 Å². The SMILES string of the molecule is CC(C)C(=O)c1ccc(CC2CCCCC#CC2(F)F)cc1. The van der Waals surface area contributed by atoms with Gasteiger partial charge in [0, 0.05) is 23.8 Å². The molecule has 1 unspecified atom stereocenters. The Balaban J connectivity index is 2.11. The summed E-state index contributed by atoms with van der Waals surface area (Å²) in [7, 11) is 0. The molecule has 1 nitrogen and oxygen atoms in total. The predicted molar refractivity (Wildman–Crippen MR) is 84.0 cm³/mol. The molecule has 0 aliphatic heterocycles. The lowest BCUT2D eigenvalue weighted by molar-refractivity contribution is -0.00443. The summed E-state index contributed by atoms with van der Waals surface area (Å²) < 4.78 is 28.2. The third-order valence-corrected chi connectivity index (χ3v) is 4.12. The van der Waals surface area contributed by atoms with E-state index < -0.39 is 11.8 Å². The smallest absolute Gasteiger partial charge is 0.294 e. The van der Waals surface area contributed by atoms with E-state index in [9.17, 15) is 13.6 Å². The van der Waals surface area contributed by atoms with Crippen LogP contribution in [-0.4, -0.2) is 11.7 Å². The molecule has 0 saturated carbocycles. The molecule has 3 heteroatoms. The number of alkyl halides is 2. The van der Waals surface area contributed by atoms with Gasteiger partial charge in [-0.15, -0.1) is 0 Å². The van der Waals surface area contributed by atoms with Crippen LogP contribution in [0.25, 0.3) is 0 Å². The highest BCUT2D eigenvalue weighted by molar-refractivity contribution is 5.97. The zero-order valence-corrected chi connectivity index (χ0v) is 13.2. The van der Waals surface area contributed by atoms with Crippen LogP contribution < -0.4 is 0 Å². The van der Waals surface area contributed by atoms with Crippen LogP contribution in [0.2, 0.25) is 0 Å². The maximum Gasteiger partial charge on any atom is 0.311 e. The second-order valence-corrected chi connectivity index (χ2v) is 6.29. The predicted octanol–water partition coefficient (Wildman–Crippen LogP) is 4.90. The molecule has 0 N–H and O–H groups in total. The summed E-state index contributed by atoms with van der Waals surface area (Å²) in [6.07, 6.45) is 3.04. The largest absolute Gasteiger partial charge is 0.311 e. The molecule has 0 fully saturated rings. The lowest BCUT2D eigenvalue weighted by Gasteiger charge is -2.24. The van der Waals surface area contributed by atoms with Crippen molar-refractivity contribution in [3.63, 3.8) is 0 Å². The minimum absolute atomic E-state index is 0.0592. The molecular weight excluding hydrogens is 282 g/mol. The molecule has 1 atom stereocenters. The first kappa shape index (κ1) is 16.7. The minimum atomic E-state index is -2.92. The van der Waals surface area contributed by atoms with Gasteiger partial charge in [-0.2, -0.15) is 8.78 Å². The molecule has 2 rings (SSSR count). The van der Waals surface area contributed by atoms with Gasteiger partial charge in [-0.25, -0.2) is 0 Å². The second-order valence-electron chi connectivity index (χ2n) is 6.29. The van der Waals surface area contributed by atoms with Gasteiger partial charge in [-0.05, 0) is 30.7 Å². The van der Waals surface area contributed by atoms with Gasteiger partial charge in [0.1, 0.15) is 0 Å². The summed E-state index contributed by atoms with van der Waals surface area (Å²) in [4.78, 5) is 11.9. The van der Waals surface area contributed by atoms with Crippen LogP contribution >= 0.6 is 0 Å². The van der Waals surface area contributed by atoms with Crippen molar-refractivity contribution in [2.45, 2.75) is 51.9 Å². The summed E-state index contributed by atoms with van der Waals surface area (Å²) in [6.45, 7) is 3.70. The number of Topliss-reactive ketones (excluding diaryl/α,β-unsaturated/α-hetero) is 1. The molecule has 118 valence electrons. The zero-order chi connectivity index (χ0) is 16.2. The summed E-state index contributed by atoms with van der Waals surface area (Å²) in [5, 5.41) is 0. The Bertz CT molecular complexity index is 576. The molecule has 0 radical (unpaired) electrons. The first-order valence-corrected chi connectivity index (χ1v) is 7.91. The van der Waals surface area contributed by atoms with Crippen LogP contribution in [0.4, 0.5) is 8.78 Å². The van der Waals surface area contributed by atoms with E-state index in [4.69, 9.17) is 0 Å². The number of hydrogen-bond donors (Lipinski definition) is 0. The molecule has 0 aromatic heterocycles. The lowest BCUT2D eigenvalue weighted by Crippen LogP contribution is -2.29. The molecule has 1 aliphatic rings. The molecule has 0 spiro atoms. The van der Waals surface area contributed by atoms with Crippen molar-refractivity contribution in [2.75, 3.05) is 0 Å². The molecule has 1 aromatic carbocycles. The number of carbonyl (C=O) groups excluding carboxylic acids is 1. The first-order valence-electron chi connectivity index (χ1n) is 7.91. The maximum absolute atomic E-state index is 14.1. The highest BCUT2D eigenvalue weighted by Gasteiger charge is 2.37. The van der Waals surface area contributed by atoms with Crippen molar-refractivity contribution in [1.29, 1.82) is 0 Å². The normalized spacial score (nSPS) is 20.7. The van der Waals surface area contributed by atoms with E-state index in [1.165, 1.54) is 0 Å². The van der Waals surface area contributed by atoms with Crippen molar-refractivity contribution in [3.05, 3.63) is 35.4 Å². The number of carbonyl (C=O) groups is 1. The van der Waals surface area contributed by atoms with Crippen LogP contribution in [-0.2, 0) is 6.42 Å². The molecule has 1 aromatic rings. The number of benzene rings is 1. The topological polar surface area (TPSA) is 17.1 Å². The monoisotopic (exact) mass is 304 g/mol. The summed E-state index contributed by atoms with van der Waals surface area (Å²) in [5.74, 6) is 1.07. The summed E-state index contributed by atoms with van der Waals surface area (Å²) >= 11 is 0. The van der Waals surface area contributed by atoms with E-state index in [2.05, 4.69) is 11.8 Å². The number of hydrogen-bond acceptors (Lipinski definition) is 1. The Morgan fingerprint density at radius 2 is 1.95 bits per heavy atom. The zero-order valence-electron chi connectivity index (χ0n) is 13.2. The van der Waals surface area contributed by atoms with Crippen molar-refractivity contribution in [3.8, 4) is 11.8 Å². The Morgan fingerprint density at radius 1 is 1.27 bits per heavy atom. The average Bonchev–Trinajstić information content (AvgIpc) is 2.47. The molecule has 1 aliphatic carbocycles. The van der Waals surface area contributed by atoms with Crippen molar-refractivity contribution >= 4 is 5.78 Å². The van der Waals surface area contributed by atoms with Gasteiger partial charge in [0.25, 0.3) is 0 Å². The lowest BCUT2D eigenvalue weighted by atomic mass is 9.87. The molecule has 0 bridgehead atoms. The van der Waals surface area contributed by atoms with E-state index in [0.717, 1.165) is 18.4 Å². The van der Waals surface area contributed by atoms with E-state index in [-0.39, 0.29) is 11.7 Å². The van der Waals surface area contributed by atoms with Gasteiger partial charge in [0.05, 0.1) is 0 Å². The highest BCUT2D eigenvalue weighted by atomic mass is 19.3. The van der Waals surface area contributed by atoms with Gasteiger partial charge in [-0.3, -0.25) is 4.79 Å². The van der Waals surface area contributed by atoms with Gasteiger partial charge in [0.15, 0.2) is 5.78 Å². The fourth-order valence-corrected chi connectivity index (χ4v) is 2.72. The van der Waals surface area contributed by atoms with Gasteiger partial charge >= 0.3 is 5.92 Å². The van der Waals surface area contributed by atoms with E-state index >= 15 is 0 Å². The van der Waals surface area contributed by atoms with Crippen molar-refractivity contribution in [1.82, 2.24) is 0 Å². The van der Waals surface area contributed by atoms with Gasteiger partial charge in [0.2, 0.25) is 0 Å². The maximum atomic E-state index is 14.1. The van der Waals surface area contributed by atoms with E-state index in [0.29, 0.717) is 24.8 Å². The fraction of sp³-hybridized carbons (Fsp3) is 0.526. The van der Waals surface area contributed by atoms with Gasteiger partial charge in [-0.1, -0.05) is 50.5 Å². The molecular formula is C19H22F2O. The van der Waals surface area contributed by atoms with E-state index in [1.807, 2.05) is 13.8 Å². The van der Waals surface area contributed by atoms with Crippen LogP contribution in [0.1, 0.15) is 55.5 Å². The number of ketones is 1. The fourth-order valence-electron chi connectivity index (χ4n) is 2.72. The molecule has 0 saturated heterocycles. The summed E-state index contributed by atoms with van der Waals surface area (Å²) in [5.41, 5.74) is 1.48. The van der Waals surface area contributed by atoms with Crippen molar-refractivity contribution in [2.24, 2.45) is 11.8 Å². The first-order chi connectivity index (χ1) is 10.4. The molecule has 22 heavy (non-hydrogen) atoms. The number of halogens is 2. The number of rotatable bonds is 4. The Hall–Kier alpha value is -1.69. The van der Waals surface area contributed by atoms with Crippen LogP contribution in [0.15, 0.2) is 24.3 Å². The third-order valence-electron chi connectivity index (χ3n) is 4.12. The highest BCUT2D eigenvalue weighted by Crippen LogP contribution is 2.32.